The number of carbonyl (C=O) groups excluding carboxylic acids is 1. The lowest BCUT2D eigenvalue weighted by Gasteiger charge is -2.25. The summed E-state index contributed by atoms with van der Waals surface area (Å²) in [7, 11) is -3.74. The van der Waals surface area contributed by atoms with Gasteiger partial charge in [-0.2, -0.15) is 0 Å². The van der Waals surface area contributed by atoms with Crippen molar-refractivity contribution in [3.63, 3.8) is 0 Å². The highest BCUT2D eigenvalue weighted by Crippen LogP contribution is 2.23. The van der Waals surface area contributed by atoms with E-state index < -0.39 is 14.9 Å². The molecule has 0 spiro atoms. The number of hydrogen-bond acceptors (Lipinski definition) is 5. The number of likely N-dealkylation sites (N-methyl/N-ethyl adjacent to an activating group) is 1. The van der Waals surface area contributed by atoms with Gasteiger partial charge in [0, 0.05) is 25.2 Å². The lowest BCUT2D eigenvalue weighted by molar-refractivity contribution is -0.384. The van der Waals surface area contributed by atoms with Crippen molar-refractivity contribution in [3.8, 4) is 0 Å². The highest BCUT2D eigenvalue weighted by Gasteiger charge is 2.24. The zero-order valence-corrected chi connectivity index (χ0v) is 13.5. The van der Waals surface area contributed by atoms with E-state index in [1.165, 1.54) is 23.1 Å². The quantitative estimate of drug-likeness (QED) is 0.553. The predicted octanol–water partition coefficient (Wildman–Crippen LogP) is 1.23. The van der Waals surface area contributed by atoms with Crippen molar-refractivity contribution < 1.29 is 18.1 Å². The molecule has 22 heavy (non-hydrogen) atoms. The van der Waals surface area contributed by atoms with Crippen LogP contribution in [0, 0.1) is 10.1 Å². The molecule has 0 radical (unpaired) electrons. The number of benzene rings is 1. The molecular weight excluding hydrogens is 310 g/mol. The summed E-state index contributed by atoms with van der Waals surface area (Å²) < 4.78 is 24.7. The molecule has 0 bridgehead atoms. The highest BCUT2D eigenvalue weighted by atomic mass is 32.2. The second-order valence-corrected chi connectivity index (χ2v) is 6.52. The Morgan fingerprint density at radius 2 is 1.86 bits per heavy atom. The second kappa shape index (κ2) is 7.21. The molecule has 1 aromatic carbocycles. The van der Waals surface area contributed by atoms with Crippen molar-refractivity contribution in [1.29, 1.82) is 0 Å². The first-order chi connectivity index (χ1) is 10.2. The first kappa shape index (κ1) is 17.9. The van der Waals surface area contributed by atoms with Crippen LogP contribution in [0.2, 0.25) is 0 Å². The van der Waals surface area contributed by atoms with Gasteiger partial charge in [0.1, 0.15) is 6.54 Å². The van der Waals surface area contributed by atoms with Gasteiger partial charge in [0.15, 0.2) is 0 Å². The number of sulfonamides is 1. The van der Waals surface area contributed by atoms with Gasteiger partial charge in [0.05, 0.1) is 16.9 Å². The Labute approximate surface area is 129 Å². The van der Waals surface area contributed by atoms with Crippen LogP contribution < -0.4 is 4.31 Å². The summed E-state index contributed by atoms with van der Waals surface area (Å²) in [6.07, 6.45) is 0.960. The molecule has 0 aliphatic carbocycles. The molecule has 0 atom stereocenters. The zero-order chi connectivity index (χ0) is 16.9. The number of amides is 1. The normalized spacial score (nSPS) is 11.0. The molecule has 0 fully saturated rings. The maximum atomic E-state index is 12.1. The van der Waals surface area contributed by atoms with Gasteiger partial charge in [-0.15, -0.1) is 0 Å². The molecule has 0 saturated heterocycles. The molecule has 122 valence electrons. The summed E-state index contributed by atoms with van der Waals surface area (Å²) >= 11 is 0. The summed E-state index contributed by atoms with van der Waals surface area (Å²) in [4.78, 5) is 23.8. The monoisotopic (exact) mass is 329 g/mol. The number of hydrogen-bond donors (Lipinski definition) is 0. The van der Waals surface area contributed by atoms with E-state index >= 15 is 0 Å². The maximum absolute atomic E-state index is 12.1. The molecule has 0 heterocycles. The SMILES string of the molecule is CCN(CC)C(=O)CN(c1cccc([N+](=O)[O-])c1)S(C)(=O)=O. The largest absolute Gasteiger partial charge is 0.342 e. The predicted molar refractivity (Wildman–Crippen MR) is 83.2 cm³/mol. The molecule has 8 nitrogen and oxygen atoms in total. The molecule has 1 rings (SSSR count). The summed E-state index contributed by atoms with van der Waals surface area (Å²) in [6.45, 7) is 4.12. The molecule has 1 aromatic rings. The number of rotatable bonds is 7. The van der Waals surface area contributed by atoms with Crippen molar-refractivity contribution >= 4 is 27.3 Å². The van der Waals surface area contributed by atoms with Crippen LogP contribution in [0.3, 0.4) is 0 Å². The van der Waals surface area contributed by atoms with Gasteiger partial charge in [-0.3, -0.25) is 19.2 Å². The standard InChI is InChI=1S/C13H19N3O5S/c1-4-14(5-2)13(17)10-15(22(3,20)21)11-7-6-8-12(9-11)16(18)19/h6-9H,4-5,10H2,1-3H3. The van der Waals surface area contributed by atoms with E-state index in [-0.39, 0.29) is 23.8 Å². The van der Waals surface area contributed by atoms with Crippen molar-refractivity contribution in [1.82, 2.24) is 4.90 Å². The van der Waals surface area contributed by atoms with E-state index in [9.17, 15) is 23.3 Å². The van der Waals surface area contributed by atoms with Gasteiger partial charge in [-0.1, -0.05) is 6.07 Å². The average molecular weight is 329 g/mol. The lowest BCUT2D eigenvalue weighted by Crippen LogP contribution is -2.42. The number of non-ortho nitro benzene ring substituents is 1. The highest BCUT2D eigenvalue weighted by molar-refractivity contribution is 7.92. The Balaban J connectivity index is 3.18. The van der Waals surface area contributed by atoms with Crippen LogP contribution >= 0.6 is 0 Å². The fraction of sp³-hybridized carbons (Fsp3) is 0.462. The number of nitrogens with zero attached hydrogens (tertiary/aromatic N) is 3. The summed E-state index contributed by atoms with van der Waals surface area (Å²) in [6, 6.07) is 5.20. The van der Waals surface area contributed by atoms with Gasteiger partial charge in [0.25, 0.3) is 5.69 Å². The fourth-order valence-corrected chi connectivity index (χ4v) is 2.80. The molecule has 0 aliphatic heterocycles. The van der Waals surface area contributed by atoms with E-state index in [2.05, 4.69) is 0 Å². The van der Waals surface area contributed by atoms with Crippen molar-refractivity contribution in [3.05, 3.63) is 34.4 Å². The van der Waals surface area contributed by atoms with Gasteiger partial charge in [0.2, 0.25) is 15.9 Å². The van der Waals surface area contributed by atoms with Gasteiger partial charge >= 0.3 is 0 Å². The lowest BCUT2D eigenvalue weighted by atomic mass is 10.3. The van der Waals surface area contributed by atoms with Gasteiger partial charge in [-0.05, 0) is 19.9 Å². The summed E-state index contributed by atoms with van der Waals surface area (Å²) in [5.41, 5.74) is -0.140. The molecule has 0 aromatic heterocycles. The minimum absolute atomic E-state index is 0.0946. The summed E-state index contributed by atoms with van der Waals surface area (Å²) in [5.74, 6) is -0.359. The first-order valence-corrected chi connectivity index (χ1v) is 8.55. The number of nitro benzene ring substituents is 1. The number of carbonyl (C=O) groups is 1. The molecule has 0 unspecified atom stereocenters. The Bertz CT molecular complexity index is 655. The molecule has 0 saturated carbocycles. The van der Waals surface area contributed by atoms with E-state index in [1.807, 2.05) is 0 Å². The third kappa shape index (κ3) is 4.42. The maximum Gasteiger partial charge on any atom is 0.271 e. The molecule has 0 aliphatic rings. The van der Waals surface area contributed by atoms with Gasteiger partial charge in [-0.25, -0.2) is 8.42 Å². The van der Waals surface area contributed by atoms with Crippen LogP contribution in [0.15, 0.2) is 24.3 Å². The van der Waals surface area contributed by atoms with Crippen LogP contribution in [0.4, 0.5) is 11.4 Å². The topological polar surface area (TPSA) is 101 Å². The van der Waals surface area contributed by atoms with Crippen LogP contribution in [0.1, 0.15) is 13.8 Å². The summed E-state index contributed by atoms with van der Waals surface area (Å²) in [5, 5.41) is 10.8. The Morgan fingerprint density at radius 1 is 1.27 bits per heavy atom. The van der Waals surface area contributed by atoms with E-state index in [0.717, 1.165) is 16.6 Å². The van der Waals surface area contributed by atoms with E-state index in [4.69, 9.17) is 0 Å². The van der Waals surface area contributed by atoms with Crippen molar-refractivity contribution in [2.45, 2.75) is 13.8 Å². The number of anilines is 1. The van der Waals surface area contributed by atoms with Crippen LogP contribution in [0.25, 0.3) is 0 Å². The minimum Gasteiger partial charge on any atom is -0.342 e. The second-order valence-electron chi connectivity index (χ2n) is 4.61. The minimum atomic E-state index is -3.74. The van der Waals surface area contributed by atoms with E-state index in [1.54, 1.807) is 13.8 Å². The van der Waals surface area contributed by atoms with Crippen molar-refractivity contribution in [2.24, 2.45) is 0 Å². The third-order valence-electron chi connectivity index (χ3n) is 3.12. The van der Waals surface area contributed by atoms with Crippen LogP contribution in [-0.2, 0) is 14.8 Å². The molecule has 1 amide bonds. The van der Waals surface area contributed by atoms with Crippen molar-refractivity contribution in [2.75, 3.05) is 30.2 Å². The fourth-order valence-electron chi connectivity index (χ4n) is 1.96. The Hall–Kier alpha value is -2.16. The third-order valence-corrected chi connectivity index (χ3v) is 4.26. The number of nitro groups is 1. The molecule has 9 heteroatoms. The molecule has 0 N–H and O–H groups in total. The van der Waals surface area contributed by atoms with E-state index in [0.29, 0.717) is 13.1 Å². The van der Waals surface area contributed by atoms with Crippen LogP contribution in [-0.4, -0.2) is 50.0 Å². The average Bonchev–Trinajstić information content (AvgIpc) is 2.45. The van der Waals surface area contributed by atoms with Crippen LogP contribution in [0.5, 0.6) is 0 Å². The Kier molecular flexibility index (Phi) is 5.86. The van der Waals surface area contributed by atoms with Gasteiger partial charge < -0.3 is 4.90 Å². The smallest absolute Gasteiger partial charge is 0.271 e. The Morgan fingerprint density at radius 3 is 2.32 bits per heavy atom. The first-order valence-electron chi connectivity index (χ1n) is 6.70. The zero-order valence-electron chi connectivity index (χ0n) is 12.7. The molecular formula is C13H19N3O5S.